The van der Waals surface area contributed by atoms with Gasteiger partial charge in [-0.25, -0.2) is 4.98 Å². The van der Waals surface area contributed by atoms with Gasteiger partial charge in [-0.15, -0.1) is 0 Å². The van der Waals surface area contributed by atoms with Crippen molar-refractivity contribution in [3.8, 4) is 0 Å². The van der Waals surface area contributed by atoms with Gasteiger partial charge in [-0.1, -0.05) is 18.0 Å². The third-order valence-corrected chi connectivity index (χ3v) is 5.04. The summed E-state index contributed by atoms with van der Waals surface area (Å²) in [5.74, 6) is 1.03. The van der Waals surface area contributed by atoms with Crippen molar-refractivity contribution in [1.29, 1.82) is 0 Å². The molecule has 0 bridgehead atoms. The van der Waals surface area contributed by atoms with Crippen LogP contribution in [0, 0.1) is 0 Å². The Labute approximate surface area is 128 Å². The molecule has 0 aliphatic carbocycles. The molecule has 1 aromatic rings. The summed E-state index contributed by atoms with van der Waals surface area (Å²) in [5, 5.41) is 0.680. The summed E-state index contributed by atoms with van der Waals surface area (Å²) in [6, 6.07) is 3.12. The number of hydrogen-bond donors (Lipinski definition) is 0. The molecule has 2 atom stereocenters. The van der Waals surface area contributed by atoms with E-state index in [0.717, 1.165) is 23.4 Å². The third kappa shape index (κ3) is 2.76. The lowest BCUT2D eigenvalue weighted by atomic mass is 9.97. The molecule has 0 radical (unpaired) electrons. The first-order chi connectivity index (χ1) is 9.15. The molecule has 2 unspecified atom stereocenters. The Bertz CT molecular complexity index is 468. The molecule has 3 nitrogen and oxygen atoms in total. The molecule has 104 valence electrons. The van der Waals surface area contributed by atoms with Crippen LogP contribution in [0.5, 0.6) is 0 Å². The molecule has 2 aliphatic rings. The number of hydrogen-bond acceptors (Lipinski definition) is 3. The molecular weight excluding hydrogens is 326 g/mol. The van der Waals surface area contributed by atoms with Crippen molar-refractivity contribution in [3.05, 3.63) is 21.8 Å². The van der Waals surface area contributed by atoms with Crippen LogP contribution in [0.15, 0.2) is 16.7 Å². The largest absolute Gasteiger partial charge is 0.350 e. The van der Waals surface area contributed by atoms with Crippen LogP contribution in [-0.4, -0.2) is 41.6 Å². The monoisotopic (exact) mass is 343 g/mol. The van der Waals surface area contributed by atoms with E-state index in [-0.39, 0.29) is 0 Å². The van der Waals surface area contributed by atoms with Gasteiger partial charge in [0.15, 0.2) is 0 Å². The number of piperidine rings is 1. The predicted octanol–water partition coefficient (Wildman–Crippen LogP) is 3.56. The van der Waals surface area contributed by atoms with Crippen LogP contribution >= 0.6 is 27.5 Å². The highest BCUT2D eigenvalue weighted by Gasteiger charge is 2.34. The Morgan fingerprint density at radius 3 is 3.00 bits per heavy atom. The highest BCUT2D eigenvalue weighted by Crippen LogP contribution is 2.32. The minimum atomic E-state index is 0.499. The van der Waals surface area contributed by atoms with Crippen molar-refractivity contribution in [2.45, 2.75) is 38.3 Å². The van der Waals surface area contributed by atoms with Crippen LogP contribution in [0.1, 0.15) is 26.2 Å². The topological polar surface area (TPSA) is 19.4 Å². The van der Waals surface area contributed by atoms with Gasteiger partial charge < -0.3 is 4.90 Å². The van der Waals surface area contributed by atoms with Crippen molar-refractivity contribution in [2.24, 2.45) is 0 Å². The smallest absolute Gasteiger partial charge is 0.143 e. The van der Waals surface area contributed by atoms with E-state index in [2.05, 4.69) is 37.6 Å². The molecule has 0 aromatic carbocycles. The van der Waals surface area contributed by atoms with Crippen molar-refractivity contribution in [2.75, 3.05) is 24.5 Å². The number of fused-ring (bicyclic) bond motifs is 1. The minimum absolute atomic E-state index is 0.499. The second kappa shape index (κ2) is 5.58. The Morgan fingerprint density at radius 1 is 1.37 bits per heavy atom. The maximum absolute atomic E-state index is 5.98. The van der Waals surface area contributed by atoms with Gasteiger partial charge in [0.2, 0.25) is 0 Å². The van der Waals surface area contributed by atoms with E-state index < -0.39 is 0 Å². The molecule has 0 N–H and O–H groups in total. The summed E-state index contributed by atoms with van der Waals surface area (Å²) < 4.78 is 0.996. The van der Waals surface area contributed by atoms with Gasteiger partial charge in [0.1, 0.15) is 5.82 Å². The van der Waals surface area contributed by atoms with Gasteiger partial charge in [0.25, 0.3) is 0 Å². The molecule has 5 heteroatoms. The summed E-state index contributed by atoms with van der Waals surface area (Å²) in [6.07, 6.45) is 5.76. The predicted molar refractivity (Wildman–Crippen MR) is 83.0 cm³/mol. The molecule has 0 saturated carbocycles. The molecule has 3 heterocycles. The highest BCUT2D eigenvalue weighted by atomic mass is 79.9. The number of nitrogens with zero attached hydrogens (tertiary/aromatic N) is 3. The fraction of sp³-hybridized carbons (Fsp3) is 0.643. The molecule has 2 saturated heterocycles. The van der Waals surface area contributed by atoms with Crippen LogP contribution in [0.4, 0.5) is 5.82 Å². The maximum Gasteiger partial charge on any atom is 0.143 e. The number of anilines is 1. The van der Waals surface area contributed by atoms with E-state index in [1.54, 1.807) is 6.20 Å². The van der Waals surface area contributed by atoms with Crippen LogP contribution < -0.4 is 4.90 Å². The minimum Gasteiger partial charge on any atom is -0.350 e. The fourth-order valence-corrected chi connectivity index (χ4v) is 4.13. The van der Waals surface area contributed by atoms with Crippen LogP contribution in [0.2, 0.25) is 5.02 Å². The summed E-state index contributed by atoms with van der Waals surface area (Å²) in [7, 11) is 0. The molecule has 19 heavy (non-hydrogen) atoms. The van der Waals surface area contributed by atoms with Gasteiger partial charge in [-0.05, 0) is 48.3 Å². The second-order valence-electron chi connectivity index (χ2n) is 5.60. The highest BCUT2D eigenvalue weighted by molar-refractivity contribution is 9.10. The van der Waals surface area contributed by atoms with Gasteiger partial charge in [-0.2, -0.15) is 0 Å². The molecule has 3 rings (SSSR count). The number of pyridine rings is 1. The van der Waals surface area contributed by atoms with Crippen molar-refractivity contribution in [3.63, 3.8) is 0 Å². The van der Waals surface area contributed by atoms with Crippen molar-refractivity contribution in [1.82, 2.24) is 9.88 Å². The number of aromatic nitrogens is 1. The van der Waals surface area contributed by atoms with Crippen LogP contribution in [0.3, 0.4) is 0 Å². The molecule has 0 spiro atoms. The summed E-state index contributed by atoms with van der Waals surface area (Å²) in [6.45, 7) is 5.77. The number of halogens is 2. The quantitative estimate of drug-likeness (QED) is 0.776. The standard InChI is InChI=1S/C14H19BrClN3/c1-10-8-18-5-3-2-4-12(18)9-19(10)14-13(15)6-11(16)7-17-14/h6-7,10,12H,2-5,8-9H2,1H3. The number of rotatable bonds is 1. The van der Waals surface area contributed by atoms with Gasteiger partial charge >= 0.3 is 0 Å². The first kappa shape index (κ1) is 13.7. The molecule has 1 aromatic heterocycles. The van der Waals surface area contributed by atoms with Gasteiger partial charge in [0.05, 0.1) is 9.50 Å². The SMILES string of the molecule is CC1CN2CCCCC2CN1c1ncc(Cl)cc1Br. The summed E-state index contributed by atoms with van der Waals surface area (Å²) in [4.78, 5) is 9.59. The van der Waals surface area contributed by atoms with E-state index >= 15 is 0 Å². The van der Waals surface area contributed by atoms with E-state index in [0.29, 0.717) is 17.1 Å². The lowest BCUT2D eigenvalue weighted by Crippen LogP contribution is -2.59. The molecular formula is C14H19BrClN3. The Kier molecular flexibility index (Phi) is 4.01. The van der Waals surface area contributed by atoms with E-state index in [4.69, 9.17) is 11.6 Å². The van der Waals surface area contributed by atoms with E-state index in [1.807, 2.05) is 6.07 Å². The maximum atomic E-state index is 5.98. The molecule has 2 fully saturated rings. The van der Waals surface area contributed by atoms with Gasteiger partial charge in [0, 0.05) is 31.4 Å². The van der Waals surface area contributed by atoms with Crippen LogP contribution in [0.25, 0.3) is 0 Å². The summed E-state index contributed by atoms with van der Waals surface area (Å²) in [5.41, 5.74) is 0. The molecule has 0 amide bonds. The van der Waals surface area contributed by atoms with E-state index in [1.165, 1.54) is 25.8 Å². The zero-order chi connectivity index (χ0) is 13.4. The first-order valence-electron chi connectivity index (χ1n) is 6.97. The fourth-order valence-electron chi connectivity index (χ4n) is 3.27. The molecule has 2 aliphatic heterocycles. The summed E-state index contributed by atoms with van der Waals surface area (Å²) >= 11 is 9.58. The third-order valence-electron chi connectivity index (χ3n) is 4.25. The normalized spacial score (nSPS) is 28.3. The lowest BCUT2D eigenvalue weighted by molar-refractivity contribution is 0.115. The lowest BCUT2D eigenvalue weighted by Gasteiger charge is -2.48. The Hall–Kier alpha value is -0.320. The number of piperazine rings is 1. The second-order valence-corrected chi connectivity index (χ2v) is 6.90. The average Bonchev–Trinajstić information content (AvgIpc) is 2.38. The van der Waals surface area contributed by atoms with Crippen molar-refractivity contribution < 1.29 is 0 Å². The Balaban J connectivity index is 1.83. The first-order valence-corrected chi connectivity index (χ1v) is 8.14. The zero-order valence-electron chi connectivity index (χ0n) is 11.1. The van der Waals surface area contributed by atoms with Gasteiger partial charge in [-0.3, -0.25) is 4.90 Å². The van der Waals surface area contributed by atoms with Crippen LogP contribution in [-0.2, 0) is 0 Å². The zero-order valence-corrected chi connectivity index (χ0v) is 13.5. The van der Waals surface area contributed by atoms with Crippen molar-refractivity contribution >= 4 is 33.3 Å². The average molecular weight is 345 g/mol. The van der Waals surface area contributed by atoms with E-state index in [9.17, 15) is 0 Å². The Morgan fingerprint density at radius 2 is 2.21 bits per heavy atom.